The molecular formula is C12H26O8. The number of rotatable bonds is 13. The van der Waals surface area contributed by atoms with Crippen molar-refractivity contribution in [1.82, 2.24) is 0 Å². The van der Waals surface area contributed by atoms with E-state index in [2.05, 4.69) is 0 Å². The molecule has 0 saturated heterocycles. The largest absolute Gasteiger partial charge is 0.394 e. The molecule has 0 fully saturated rings. The molecule has 0 aromatic heterocycles. The summed E-state index contributed by atoms with van der Waals surface area (Å²) in [6.07, 6.45) is -2.97. The van der Waals surface area contributed by atoms with Crippen LogP contribution in [0, 0.1) is 0 Å². The highest BCUT2D eigenvalue weighted by molar-refractivity contribution is 4.57. The van der Waals surface area contributed by atoms with Crippen LogP contribution in [0.3, 0.4) is 0 Å². The van der Waals surface area contributed by atoms with E-state index >= 15 is 0 Å². The van der Waals surface area contributed by atoms with Crippen LogP contribution < -0.4 is 0 Å². The van der Waals surface area contributed by atoms with Gasteiger partial charge >= 0.3 is 0 Å². The number of aliphatic hydroxyl groups excluding tert-OH is 5. The van der Waals surface area contributed by atoms with Crippen LogP contribution in [0.4, 0.5) is 0 Å². The molecule has 0 aromatic carbocycles. The first kappa shape index (κ1) is 19.7. The van der Waals surface area contributed by atoms with E-state index in [-0.39, 0.29) is 52.4 Å². The zero-order chi connectivity index (χ0) is 15.4. The van der Waals surface area contributed by atoms with Crippen LogP contribution in [0.25, 0.3) is 0 Å². The molecule has 0 spiro atoms. The molecule has 0 saturated carbocycles. The van der Waals surface area contributed by atoms with Crippen LogP contribution in [0.5, 0.6) is 0 Å². The zero-order valence-corrected chi connectivity index (χ0v) is 11.7. The molecule has 122 valence electrons. The summed E-state index contributed by atoms with van der Waals surface area (Å²) in [6.45, 7) is 1.24. The molecule has 0 heterocycles. The molecule has 0 aromatic rings. The highest BCUT2D eigenvalue weighted by atomic mass is 16.5. The molecule has 0 rings (SSSR count). The maximum Gasteiger partial charge on any atom is 0.101 e. The highest BCUT2D eigenvalue weighted by Gasteiger charge is 2.11. The van der Waals surface area contributed by atoms with Gasteiger partial charge in [0.1, 0.15) is 18.3 Å². The van der Waals surface area contributed by atoms with Gasteiger partial charge in [-0.3, -0.25) is 0 Å². The second kappa shape index (κ2) is 12.4. The first-order valence-electron chi connectivity index (χ1n) is 6.52. The lowest BCUT2D eigenvalue weighted by atomic mass is 10.3. The van der Waals surface area contributed by atoms with Crippen LogP contribution in [0.2, 0.25) is 0 Å². The van der Waals surface area contributed by atoms with Crippen molar-refractivity contribution in [3.8, 4) is 0 Å². The number of ether oxygens (including phenoxy) is 3. The molecular weight excluding hydrogens is 272 g/mol. The molecule has 0 aliphatic carbocycles. The second-order valence-electron chi connectivity index (χ2n) is 4.55. The van der Waals surface area contributed by atoms with Crippen molar-refractivity contribution < 1.29 is 39.7 Å². The first-order valence-corrected chi connectivity index (χ1v) is 6.52. The van der Waals surface area contributed by atoms with Gasteiger partial charge in [-0.1, -0.05) is 0 Å². The maximum absolute atomic E-state index is 9.53. The summed E-state index contributed by atoms with van der Waals surface area (Å²) in [4.78, 5) is 0. The third-order valence-electron chi connectivity index (χ3n) is 2.28. The number of hydrogen-bond donors (Lipinski definition) is 5. The lowest BCUT2D eigenvalue weighted by Crippen LogP contribution is -2.29. The van der Waals surface area contributed by atoms with Gasteiger partial charge in [0.05, 0.1) is 52.4 Å². The third kappa shape index (κ3) is 11.5. The standard InChI is InChI=1S/C12H26O8/c1-9(4-18-5-10(15)2-13)20-8-12(17)7-19-6-11(16)3-14/h9-17H,2-8H2,1H3. The fourth-order valence-electron chi connectivity index (χ4n) is 1.19. The summed E-state index contributed by atoms with van der Waals surface area (Å²) in [5.74, 6) is 0. The van der Waals surface area contributed by atoms with Gasteiger partial charge in [-0.05, 0) is 6.92 Å². The van der Waals surface area contributed by atoms with E-state index in [9.17, 15) is 5.11 Å². The molecule has 4 unspecified atom stereocenters. The van der Waals surface area contributed by atoms with Crippen molar-refractivity contribution in [1.29, 1.82) is 0 Å². The monoisotopic (exact) mass is 298 g/mol. The van der Waals surface area contributed by atoms with E-state index in [1.54, 1.807) is 6.92 Å². The average molecular weight is 298 g/mol. The second-order valence-corrected chi connectivity index (χ2v) is 4.55. The SMILES string of the molecule is CC(COCC(O)CO)OCC(O)COCC(O)CO. The van der Waals surface area contributed by atoms with Crippen molar-refractivity contribution in [3.05, 3.63) is 0 Å². The van der Waals surface area contributed by atoms with Gasteiger partial charge in [-0.2, -0.15) is 0 Å². The summed E-state index contributed by atoms with van der Waals surface area (Å²) in [6, 6.07) is 0. The Bertz CT molecular complexity index is 194. The molecule has 8 heteroatoms. The predicted octanol–water partition coefficient (Wildman–Crippen LogP) is -2.51. The lowest BCUT2D eigenvalue weighted by molar-refractivity contribution is -0.0808. The highest BCUT2D eigenvalue weighted by Crippen LogP contribution is 1.97. The minimum Gasteiger partial charge on any atom is -0.394 e. The predicted molar refractivity (Wildman–Crippen MR) is 69.2 cm³/mol. The van der Waals surface area contributed by atoms with E-state index in [1.165, 1.54) is 0 Å². The van der Waals surface area contributed by atoms with Gasteiger partial charge < -0.3 is 39.7 Å². The smallest absolute Gasteiger partial charge is 0.101 e. The van der Waals surface area contributed by atoms with Crippen molar-refractivity contribution in [3.63, 3.8) is 0 Å². The Hall–Kier alpha value is -0.320. The van der Waals surface area contributed by atoms with Gasteiger partial charge in [0.15, 0.2) is 0 Å². The Labute approximate surface area is 118 Å². The van der Waals surface area contributed by atoms with Crippen LogP contribution in [0.1, 0.15) is 6.92 Å². The molecule has 0 amide bonds. The van der Waals surface area contributed by atoms with E-state index < -0.39 is 18.3 Å². The number of aliphatic hydroxyl groups is 5. The summed E-state index contributed by atoms with van der Waals surface area (Å²) in [5.41, 5.74) is 0. The average Bonchev–Trinajstić information content (AvgIpc) is 2.44. The Morgan fingerprint density at radius 3 is 1.65 bits per heavy atom. The van der Waals surface area contributed by atoms with Crippen molar-refractivity contribution in [2.24, 2.45) is 0 Å². The van der Waals surface area contributed by atoms with Gasteiger partial charge in [0, 0.05) is 0 Å². The third-order valence-corrected chi connectivity index (χ3v) is 2.28. The van der Waals surface area contributed by atoms with Gasteiger partial charge in [0.25, 0.3) is 0 Å². The molecule has 0 aliphatic heterocycles. The first-order chi connectivity index (χ1) is 9.49. The Morgan fingerprint density at radius 2 is 1.15 bits per heavy atom. The molecule has 8 nitrogen and oxygen atoms in total. The lowest BCUT2D eigenvalue weighted by Gasteiger charge is -2.18. The Balaban J connectivity index is 3.50. The van der Waals surface area contributed by atoms with Gasteiger partial charge in [-0.25, -0.2) is 0 Å². The van der Waals surface area contributed by atoms with Crippen LogP contribution in [0.15, 0.2) is 0 Å². The molecule has 5 N–H and O–H groups in total. The van der Waals surface area contributed by atoms with Crippen molar-refractivity contribution in [2.45, 2.75) is 31.3 Å². The Morgan fingerprint density at radius 1 is 0.700 bits per heavy atom. The van der Waals surface area contributed by atoms with Gasteiger partial charge in [0.2, 0.25) is 0 Å². The van der Waals surface area contributed by atoms with Crippen molar-refractivity contribution >= 4 is 0 Å². The van der Waals surface area contributed by atoms with E-state index in [0.29, 0.717) is 0 Å². The van der Waals surface area contributed by atoms with Crippen LogP contribution in [-0.2, 0) is 14.2 Å². The Kier molecular flexibility index (Phi) is 12.2. The van der Waals surface area contributed by atoms with E-state index in [0.717, 1.165) is 0 Å². The summed E-state index contributed by atoms with van der Waals surface area (Å²) in [5, 5.41) is 44.7. The minimum absolute atomic E-state index is 0.00609. The summed E-state index contributed by atoms with van der Waals surface area (Å²) >= 11 is 0. The summed E-state index contributed by atoms with van der Waals surface area (Å²) < 4.78 is 15.4. The van der Waals surface area contributed by atoms with Crippen LogP contribution in [-0.4, -0.2) is 96.2 Å². The quantitative estimate of drug-likeness (QED) is 0.252. The van der Waals surface area contributed by atoms with E-state index in [1.807, 2.05) is 0 Å². The zero-order valence-electron chi connectivity index (χ0n) is 11.7. The molecule has 4 atom stereocenters. The topological polar surface area (TPSA) is 129 Å². The van der Waals surface area contributed by atoms with Gasteiger partial charge in [-0.15, -0.1) is 0 Å². The minimum atomic E-state index is -0.951. The van der Waals surface area contributed by atoms with Crippen LogP contribution >= 0.6 is 0 Å². The molecule has 0 radical (unpaired) electrons. The van der Waals surface area contributed by atoms with E-state index in [4.69, 9.17) is 34.6 Å². The fourth-order valence-corrected chi connectivity index (χ4v) is 1.19. The fraction of sp³-hybridized carbons (Fsp3) is 1.00. The number of hydrogen-bond acceptors (Lipinski definition) is 8. The van der Waals surface area contributed by atoms with Crippen molar-refractivity contribution in [2.75, 3.05) is 46.2 Å². The molecule has 0 bridgehead atoms. The maximum atomic E-state index is 9.53. The summed E-state index contributed by atoms with van der Waals surface area (Å²) in [7, 11) is 0. The molecule has 0 aliphatic rings. The normalized spacial score (nSPS) is 17.7. The molecule has 20 heavy (non-hydrogen) atoms.